The highest BCUT2D eigenvalue weighted by molar-refractivity contribution is 5.55. The number of hydrogen-bond acceptors (Lipinski definition) is 3. The summed E-state index contributed by atoms with van der Waals surface area (Å²) in [6, 6.07) is 0. The molecule has 4 nitrogen and oxygen atoms in total. The first-order valence-corrected chi connectivity index (χ1v) is 5.68. The molecule has 0 atom stereocenters. The Morgan fingerprint density at radius 2 is 2.00 bits per heavy atom. The van der Waals surface area contributed by atoms with Gasteiger partial charge in [0.15, 0.2) is 11.3 Å². The highest BCUT2D eigenvalue weighted by Gasteiger charge is 2.38. The minimum Gasteiger partial charge on any atom is -0.396 e. The third-order valence-corrected chi connectivity index (χ3v) is 3.40. The molecule has 0 saturated heterocycles. The molecule has 1 saturated carbocycles. The maximum absolute atomic E-state index is 12.9. The third kappa shape index (κ3) is 1.53. The topological polar surface area (TPSA) is 56.2 Å². The summed E-state index contributed by atoms with van der Waals surface area (Å²) in [5.41, 5.74) is 5.06. The number of alkyl halides is 3. The fourth-order valence-electron chi connectivity index (χ4n) is 2.25. The predicted molar refractivity (Wildman–Crippen MR) is 59.0 cm³/mol. The average Bonchev–Trinajstić information content (AvgIpc) is 2.57. The first-order valence-electron chi connectivity index (χ1n) is 5.68. The Morgan fingerprint density at radius 3 is 2.56 bits per heavy atom. The van der Waals surface area contributed by atoms with Crippen molar-refractivity contribution in [2.45, 2.75) is 31.4 Å². The fraction of sp³-hybridized carbons (Fsp3) is 0.455. The second kappa shape index (κ2) is 3.60. The largest absolute Gasteiger partial charge is 0.435 e. The van der Waals surface area contributed by atoms with Gasteiger partial charge in [0, 0.05) is 5.56 Å². The highest BCUT2D eigenvalue weighted by atomic mass is 19.4. The highest BCUT2D eigenvalue weighted by Crippen LogP contribution is 2.39. The van der Waals surface area contributed by atoms with E-state index in [9.17, 15) is 13.2 Å². The van der Waals surface area contributed by atoms with E-state index in [2.05, 4.69) is 10.1 Å². The van der Waals surface area contributed by atoms with Crippen molar-refractivity contribution in [3.63, 3.8) is 0 Å². The van der Waals surface area contributed by atoms with Crippen molar-refractivity contribution < 1.29 is 13.2 Å². The number of aromatic nitrogens is 3. The van der Waals surface area contributed by atoms with E-state index in [-0.39, 0.29) is 11.6 Å². The zero-order valence-electron chi connectivity index (χ0n) is 9.41. The van der Waals surface area contributed by atoms with Crippen molar-refractivity contribution in [3.8, 4) is 0 Å². The summed E-state index contributed by atoms with van der Waals surface area (Å²) in [4.78, 5) is 3.99. The second-order valence-corrected chi connectivity index (χ2v) is 4.52. The second-order valence-electron chi connectivity index (χ2n) is 4.52. The lowest BCUT2D eigenvalue weighted by molar-refractivity contribution is -0.141. The molecule has 0 aliphatic heterocycles. The molecule has 0 amide bonds. The summed E-state index contributed by atoms with van der Waals surface area (Å²) in [5.74, 6) is 0.278. The van der Waals surface area contributed by atoms with E-state index in [0.29, 0.717) is 0 Å². The van der Waals surface area contributed by atoms with E-state index >= 15 is 0 Å². The minimum atomic E-state index is -4.53. The van der Waals surface area contributed by atoms with Crippen LogP contribution in [0.1, 0.15) is 36.4 Å². The van der Waals surface area contributed by atoms with E-state index in [1.807, 2.05) is 0 Å². The number of hydrogen-bond donors (Lipinski definition) is 1. The maximum Gasteiger partial charge on any atom is 0.435 e. The van der Waals surface area contributed by atoms with E-state index in [0.717, 1.165) is 35.5 Å². The summed E-state index contributed by atoms with van der Waals surface area (Å²) in [5, 5.41) is 3.80. The standard InChI is InChI=1S/C11H11F3N4/c12-11(13,14)9-8(15)5-16-10-7(4-17-18(9)10)6-2-1-3-6/h4-6H,1-3,15H2. The molecule has 96 valence electrons. The number of nitrogens with zero attached hydrogens (tertiary/aromatic N) is 3. The number of halogens is 3. The van der Waals surface area contributed by atoms with E-state index in [1.54, 1.807) is 0 Å². The molecule has 2 N–H and O–H groups in total. The molecule has 1 aliphatic carbocycles. The van der Waals surface area contributed by atoms with Gasteiger partial charge in [0.2, 0.25) is 0 Å². The van der Waals surface area contributed by atoms with Crippen LogP contribution >= 0.6 is 0 Å². The number of fused-ring (bicyclic) bond motifs is 1. The Morgan fingerprint density at radius 1 is 1.28 bits per heavy atom. The van der Waals surface area contributed by atoms with E-state index < -0.39 is 17.6 Å². The van der Waals surface area contributed by atoms with Gasteiger partial charge >= 0.3 is 6.18 Å². The number of nitrogens with two attached hydrogens (primary N) is 1. The van der Waals surface area contributed by atoms with Crippen LogP contribution in [0.25, 0.3) is 5.65 Å². The summed E-state index contributed by atoms with van der Waals surface area (Å²) < 4.78 is 39.6. The molecule has 0 unspecified atom stereocenters. The van der Waals surface area contributed by atoms with Gasteiger partial charge in [0.05, 0.1) is 18.1 Å². The van der Waals surface area contributed by atoms with E-state index in [4.69, 9.17) is 5.73 Å². The van der Waals surface area contributed by atoms with Crippen LogP contribution in [-0.2, 0) is 6.18 Å². The molecular formula is C11H11F3N4. The Kier molecular flexibility index (Phi) is 2.26. The summed E-state index contributed by atoms with van der Waals surface area (Å²) in [6.45, 7) is 0. The molecule has 0 aromatic carbocycles. The number of nitrogen functional groups attached to an aromatic ring is 1. The fourth-order valence-corrected chi connectivity index (χ4v) is 2.25. The molecule has 7 heteroatoms. The van der Waals surface area contributed by atoms with Crippen molar-refractivity contribution in [1.82, 2.24) is 14.6 Å². The van der Waals surface area contributed by atoms with Gasteiger partial charge < -0.3 is 5.73 Å². The molecule has 2 heterocycles. The Hall–Kier alpha value is -1.79. The zero-order chi connectivity index (χ0) is 12.9. The lowest BCUT2D eigenvalue weighted by atomic mass is 9.81. The van der Waals surface area contributed by atoms with Crippen LogP contribution in [0.4, 0.5) is 18.9 Å². The molecule has 3 rings (SSSR count). The number of rotatable bonds is 1. The molecule has 0 spiro atoms. The summed E-state index contributed by atoms with van der Waals surface area (Å²) in [6.07, 6.45) is 1.06. The zero-order valence-corrected chi connectivity index (χ0v) is 9.41. The van der Waals surface area contributed by atoms with Gasteiger partial charge in [-0.05, 0) is 18.8 Å². The van der Waals surface area contributed by atoms with Crippen LogP contribution in [0.3, 0.4) is 0 Å². The van der Waals surface area contributed by atoms with Gasteiger partial charge in [0.25, 0.3) is 0 Å². The average molecular weight is 256 g/mol. The van der Waals surface area contributed by atoms with Crippen LogP contribution in [0, 0.1) is 0 Å². The van der Waals surface area contributed by atoms with Crippen molar-refractivity contribution in [2.75, 3.05) is 5.73 Å². The van der Waals surface area contributed by atoms with Gasteiger partial charge in [-0.15, -0.1) is 0 Å². The van der Waals surface area contributed by atoms with Crippen molar-refractivity contribution in [1.29, 1.82) is 0 Å². The van der Waals surface area contributed by atoms with Crippen LogP contribution in [0.15, 0.2) is 12.4 Å². The molecule has 0 bridgehead atoms. The predicted octanol–water partition coefficient (Wildman–Crippen LogP) is 2.60. The molecule has 0 radical (unpaired) electrons. The SMILES string of the molecule is Nc1cnc2c(C3CCC3)cnn2c1C(F)(F)F. The lowest BCUT2D eigenvalue weighted by Gasteiger charge is -2.24. The molecular weight excluding hydrogens is 245 g/mol. The van der Waals surface area contributed by atoms with Crippen LogP contribution in [-0.4, -0.2) is 14.6 Å². The van der Waals surface area contributed by atoms with Crippen molar-refractivity contribution >= 4 is 11.3 Å². The van der Waals surface area contributed by atoms with Gasteiger partial charge in [-0.3, -0.25) is 0 Å². The van der Waals surface area contributed by atoms with Crippen LogP contribution < -0.4 is 5.73 Å². The van der Waals surface area contributed by atoms with Gasteiger partial charge in [-0.1, -0.05) is 6.42 Å². The first kappa shape index (κ1) is 11.3. The van der Waals surface area contributed by atoms with Crippen LogP contribution in [0.5, 0.6) is 0 Å². The third-order valence-electron chi connectivity index (χ3n) is 3.40. The maximum atomic E-state index is 12.9. The summed E-state index contributed by atoms with van der Waals surface area (Å²) in [7, 11) is 0. The minimum absolute atomic E-state index is 0.265. The molecule has 1 aliphatic rings. The molecule has 2 aromatic heterocycles. The van der Waals surface area contributed by atoms with Crippen molar-refractivity contribution in [2.24, 2.45) is 0 Å². The summed E-state index contributed by atoms with van der Waals surface area (Å²) >= 11 is 0. The monoisotopic (exact) mass is 256 g/mol. The first-order chi connectivity index (χ1) is 8.48. The molecule has 2 aromatic rings. The normalized spacial score (nSPS) is 17.1. The van der Waals surface area contributed by atoms with Crippen LogP contribution in [0.2, 0.25) is 0 Å². The molecule has 18 heavy (non-hydrogen) atoms. The Balaban J connectivity index is 2.23. The lowest BCUT2D eigenvalue weighted by Crippen LogP contribution is -2.17. The van der Waals surface area contributed by atoms with Gasteiger partial charge in [-0.25, -0.2) is 9.50 Å². The van der Waals surface area contributed by atoms with Gasteiger partial charge in [-0.2, -0.15) is 18.3 Å². The molecule has 1 fully saturated rings. The van der Waals surface area contributed by atoms with Gasteiger partial charge in [0.1, 0.15) is 0 Å². The number of anilines is 1. The Bertz CT molecular complexity index is 598. The Labute approximate surface area is 101 Å². The quantitative estimate of drug-likeness (QED) is 0.853. The van der Waals surface area contributed by atoms with E-state index in [1.165, 1.54) is 6.20 Å². The van der Waals surface area contributed by atoms with Crippen molar-refractivity contribution in [3.05, 3.63) is 23.7 Å². The smallest absolute Gasteiger partial charge is 0.396 e.